The molecule has 0 spiro atoms. The number of carbonyl (C=O) groups is 3. The highest BCUT2D eigenvalue weighted by molar-refractivity contribution is 5.92. The maximum absolute atomic E-state index is 14.7. The Morgan fingerprint density at radius 3 is 2.16 bits per heavy atom. The maximum Gasteiger partial charge on any atom is 0.408 e. The lowest BCUT2D eigenvalue weighted by molar-refractivity contribution is -0.148. The number of ether oxygens (including phenoxy) is 1. The highest BCUT2D eigenvalue weighted by Crippen LogP contribution is 2.25. The maximum atomic E-state index is 14.7. The minimum absolute atomic E-state index is 0.0354. The van der Waals surface area contributed by atoms with E-state index in [-0.39, 0.29) is 25.2 Å². The van der Waals surface area contributed by atoms with E-state index in [1.807, 2.05) is 86.6 Å². The molecule has 0 aromatic heterocycles. The molecule has 43 heavy (non-hydrogen) atoms. The molecule has 0 fully saturated rings. The zero-order valence-electron chi connectivity index (χ0n) is 25.7. The van der Waals surface area contributed by atoms with E-state index in [1.165, 1.54) is 4.90 Å². The van der Waals surface area contributed by atoms with Crippen LogP contribution in [0, 0.1) is 5.92 Å². The predicted molar refractivity (Wildman–Crippen MR) is 167 cm³/mol. The molecule has 0 saturated carbocycles. The first-order valence-corrected chi connectivity index (χ1v) is 14.7. The molecule has 0 unspecified atom stereocenters. The summed E-state index contributed by atoms with van der Waals surface area (Å²) in [5.41, 5.74) is 6.68. The molecule has 0 aliphatic heterocycles. The lowest BCUT2D eigenvalue weighted by Crippen LogP contribution is -2.62. The van der Waals surface area contributed by atoms with Crippen molar-refractivity contribution in [2.45, 2.75) is 83.7 Å². The summed E-state index contributed by atoms with van der Waals surface area (Å²) >= 11 is 0. The second kappa shape index (κ2) is 15.0. The third-order valence-electron chi connectivity index (χ3n) is 7.18. The van der Waals surface area contributed by atoms with Gasteiger partial charge in [-0.15, -0.1) is 0 Å². The van der Waals surface area contributed by atoms with Gasteiger partial charge in [-0.2, -0.15) is 0 Å². The summed E-state index contributed by atoms with van der Waals surface area (Å²) < 4.78 is 5.52. The van der Waals surface area contributed by atoms with Gasteiger partial charge in [-0.05, 0) is 61.4 Å². The Hall–Kier alpha value is -3.95. The van der Waals surface area contributed by atoms with Gasteiger partial charge in [0.15, 0.2) is 0 Å². The van der Waals surface area contributed by atoms with E-state index >= 15 is 0 Å². The SMILES string of the molecule is CC(C)C[C@@H](C(N)=O)N(C(=O)[C@H](Cc1cccc2ccccc12)NC(=O)OC(C)(C)C)[C@@H](Cc1ccccc1)[C@@H](O)CO. The van der Waals surface area contributed by atoms with Gasteiger partial charge in [0.2, 0.25) is 11.8 Å². The van der Waals surface area contributed by atoms with E-state index in [9.17, 15) is 24.6 Å². The van der Waals surface area contributed by atoms with Crippen LogP contribution in [0.1, 0.15) is 52.2 Å². The molecule has 0 aliphatic rings. The van der Waals surface area contributed by atoms with Crippen molar-refractivity contribution in [3.63, 3.8) is 0 Å². The van der Waals surface area contributed by atoms with Crippen molar-refractivity contribution in [3.05, 3.63) is 83.9 Å². The fourth-order valence-corrected chi connectivity index (χ4v) is 5.28. The van der Waals surface area contributed by atoms with Gasteiger partial charge in [-0.3, -0.25) is 9.59 Å². The third kappa shape index (κ3) is 9.53. The summed E-state index contributed by atoms with van der Waals surface area (Å²) in [5.74, 6) is -1.39. The number of aliphatic hydroxyl groups is 2. The number of nitrogens with two attached hydrogens (primary N) is 1. The van der Waals surface area contributed by atoms with E-state index in [1.54, 1.807) is 20.8 Å². The first-order valence-electron chi connectivity index (χ1n) is 14.7. The Morgan fingerprint density at radius 2 is 1.56 bits per heavy atom. The number of alkyl carbamates (subject to hydrolysis) is 1. The second-order valence-corrected chi connectivity index (χ2v) is 12.3. The largest absolute Gasteiger partial charge is 0.444 e. The summed E-state index contributed by atoms with van der Waals surface area (Å²) in [6.45, 7) is 8.32. The first kappa shape index (κ1) is 33.6. The molecule has 4 atom stereocenters. The van der Waals surface area contributed by atoms with Crippen molar-refractivity contribution < 1.29 is 29.3 Å². The quantitative estimate of drug-likeness (QED) is 0.237. The molecule has 0 heterocycles. The molecule has 0 bridgehead atoms. The molecular weight excluding hydrogens is 546 g/mol. The zero-order valence-corrected chi connectivity index (χ0v) is 25.7. The average molecular weight is 592 g/mol. The first-order chi connectivity index (χ1) is 20.3. The Kier molecular flexibility index (Phi) is 11.7. The van der Waals surface area contributed by atoms with E-state index in [2.05, 4.69) is 5.32 Å². The minimum Gasteiger partial charge on any atom is -0.444 e. The van der Waals surface area contributed by atoms with Crippen molar-refractivity contribution >= 4 is 28.7 Å². The molecule has 232 valence electrons. The van der Waals surface area contributed by atoms with Gasteiger partial charge in [0.1, 0.15) is 17.7 Å². The monoisotopic (exact) mass is 591 g/mol. The van der Waals surface area contributed by atoms with Gasteiger partial charge >= 0.3 is 6.09 Å². The van der Waals surface area contributed by atoms with Crippen LogP contribution in [0.2, 0.25) is 0 Å². The standard InChI is InChI=1S/C34H45N3O6/c1-22(2)18-29(31(35)40)37(28(30(39)21-38)19-23-12-7-6-8-13-23)32(41)27(36-33(42)43-34(3,4)5)20-25-16-11-15-24-14-9-10-17-26(24)25/h6-17,22,27-30,38-39H,18-21H2,1-5H3,(H2,35,40)(H,36,42)/t27-,28-,29-,30-/m0/s1. The van der Waals surface area contributed by atoms with Gasteiger partial charge < -0.3 is 30.9 Å². The van der Waals surface area contributed by atoms with Crippen molar-refractivity contribution in [1.82, 2.24) is 10.2 Å². The van der Waals surface area contributed by atoms with Crippen LogP contribution in [0.25, 0.3) is 10.8 Å². The fraction of sp³-hybridized carbons (Fsp3) is 0.441. The topological polar surface area (TPSA) is 142 Å². The number of hydrogen-bond donors (Lipinski definition) is 4. The van der Waals surface area contributed by atoms with Gasteiger partial charge in [0.05, 0.1) is 18.8 Å². The van der Waals surface area contributed by atoms with Gasteiger partial charge in [0.25, 0.3) is 0 Å². The Balaban J connectivity index is 2.16. The Morgan fingerprint density at radius 1 is 0.930 bits per heavy atom. The summed E-state index contributed by atoms with van der Waals surface area (Å²) in [5, 5.41) is 25.8. The highest BCUT2D eigenvalue weighted by Gasteiger charge is 2.41. The lowest BCUT2D eigenvalue weighted by atomic mass is 9.92. The summed E-state index contributed by atoms with van der Waals surface area (Å²) in [6.07, 6.45) is -1.75. The van der Waals surface area contributed by atoms with Crippen LogP contribution in [0.5, 0.6) is 0 Å². The lowest BCUT2D eigenvalue weighted by Gasteiger charge is -2.41. The van der Waals surface area contributed by atoms with Crippen LogP contribution in [0.4, 0.5) is 4.79 Å². The fourth-order valence-electron chi connectivity index (χ4n) is 5.28. The third-order valence-corrected chi connectivity index (χ3v) is 7.18. The smallest absolute Gasteiger partial charge is 0.408 e. The normalized spacial score (nSPS) is 14.5. The molecule has 3 aromatic rings. The molecule has 3 aromatic carbocycles. The van der Waals surface area contributed by atoms with Crippen LogP contribution in [-0.4, -0.2) is 69.5 Å². The molecule has 0 radical (unpaired) electrons. The Labute approximate surface area is 254 Å². The molecule has 0 aliphatic carbocycles. The molecule has 5 N–H and O–H groups in total. The Bertz CT molecular complexity index is 1370. The van der Waals surface area contributed by atoms with Crippen molar-refractivity contribution in [2.75, 3.05) is 6.61 Å². The van der Waals surface area contributed by atoms with Crippen molar-refractivity contribution in [2.24, 2.45) is 11.7 Å². The number of nitrogens with one attached hydrogen (secondary N) is 1. The van der Waals surface area contributed by atoms with Crippen molar-refractivity contribution in [3.8, 4) is 0 Å². The summed E-state index contributed by atoms with van der Waals surface area (Å²) in [4.78, 5) is 42.1. The summed E-state index contributed by atoms with van der Waals surface area (Å²) in [7, 11) is 0. The number of benzene rings is 3. The van der Waals surface area contributed by atoms with Crippen molar-refractivity contribution in [1.29, 1.82) is 0 Å². The minimum atomic E-state index is -1.39. The predicted octanol–water partition coefficient (Wildman–Crippen LogP) is 3.97. The van der Waals surface area contributed by atoms with E-state index in [0.29, 0.717) is 0 Å². The number of hydrogen-bond acceptors (Lipinski definition) is 6. The van der Waals surface area contributed by atoms with Crippen LogP contribution in [0.3, 0.4) is 0 Å². The van der Waals surface area contributed by atoms with Crippen LogP contribution in [-0.2, 0) is 27.2 Å². The van der Waals surface area contributed by atoms with Crippen LogP contribution in [0.15, 0.2) is 72.8 Å². The van der Waals surface area contributed by atoms with Crippen LogP contribution >= 0.6 is 0 Å². The van der Waals surface area contributed by atoms with Gasteiger partial charge in [0, 0.05) is 6.42 Å². The molecular formula is C34H45N3O6. The molecule has 3 amide bonds. The molecule has 0 saturated heterocycles. The average Bonchev–Trinajstić information content (AvgIpc) is 2.94. The number of fused-ring (bicyclic) bond motifs is 1. The van der Waals surface area contributed by atoms with E-state index in [4.69, 9.17) is 10.5 Å². The number of aliphatic hydroxyl groups excluding tert-OH is 2. The van der Waals surface area contributed by atoms with E-state index in [0.717, 1.165) is 21.9 Å². The van der Waals surface area contributed by atoms with Gasteiger partial charge in [-0.25, -0.2) is 4.79 Å². The number of nitrogens with zero attached hydrogens (tertiary/aromatic N) is 1. The molecule has 3 rings (SSSR count). The summed E-state index contributed by atoms with van der Waals surface area (Å²) in [6, 6.07) is 19.3. The van der Waals surface area contributed by atoms with Crippen LogP contribution < -0.4 is 11.1 Å². The molecule has 9 nitrogen and oxygen atoms in total. The number of primary amides is 1. The highest BCUT2D eigenvalue weighted by atomic mass is 16.6. The zero-order chi connectivity index (χ0) is 31.7. The second-order valence-electron chi connectivity index (χ2n) is 12.3. The number of rotatable bonds is 13. The molecule has 9 heteroatoms. The van der Waals surface area contributed by atoms with Gasteiger partial charge in [-0.1, -0.05) is 86.6 Å². The van der Waals surface area contributed by atoms with E-state index < -0.39 is 54.3 Å². The number of carbonyl (C=O) groups excluding carboxylic acids is 3. The number of amides is 3.